The summed E-state index contributed by atoms with van der Waals surface area (Å²) in [5.41, 5.74) is 13.7. The Morgan fingerprint density at radius 1 is 0.231 bits per heavy atom. The maximum absolute atomic E-state index is 2.38. The standard InChI is InChI=1S/C64H40S/c1-3-20-43(21-4-1)59-58(53-29-13-16-32-56(53)62-60(48-39-34-41-18-7-8-24-47(41)40-48)63(65-64(59)62)46-22-5-2-6-23-46)45-37-35-44(36-38-45)57-51-27-11-14-30-54(51)61(55-31-15-12-28-52(55)57)50-33-17-25-42-19-9-10-26-49(42)50/h1-40H. The molecule has 0 N–H and O–H groups in total. The van der Waals surface area contributed by atoms with E-state index in [0.717, 1.165) is 0 Å². The van der Waals surface area contributed by atoms with E-state index in [4.69, 9.17) is 0 Å². The first-order valence-corrected chi connectivity index (χ1v) is 23.2. The molecule has 0 atom stereocenters. The fourth-order valence-corrected chi connectivity index (χ4v) is 12.0. The fourth-order valence-electron chi connectivity index (χ4n) is 10.6. The molecular weight excluding hydrogens is 801 g/mol. The lowest BCUT2D eigenvalue weighted by Gasteiger charge is -2.20. The van der Waals surface area contributed by atoms with E-state index in [-0.39, 0.29) is 0 Å². The minimum atomic E-state index is 1.20. The van der Waals surface area contributed by atoms with Crippen LogP contribution in [0.3, 0.4) is 0 Å². The summed E-state index contributed by atoms with van der Waals surface area (Å²) in [5, 5.41) is 13.9. The van der Waals surface area contributed by atoms with Crippen molar-refractivity contribution in [3.63, 3.8) is 0 Å². The summed E-state index contributed by atoms with van der Waals surface area (Å²) in [6, 6.07) is 89.7. The minimum Gasteiger partial charge on any atom is -0.134 e. The molecule has 65 heavy (non-hydrogen) atoms. The van der Waals surface area contributed by atoms with Crippen molar-refractivity contribution in [2.75, 3.05) is 0 Å². The maximum Gasteiger partial charge on any atom is 0.0446 e. The first-order valence-electron chi connectivity index (χ1n) is 22.4. The Bertz CT molecular complexity index is 3910. The van der Waals surface area contributed by atoms with E-state index in [9.17, 15) is 0 Å². The Balaban J connectivity index is 1.07. The Labute approximate surface area is 382 Å². The van der Waals surface area contributed by atoms with Gasteiger partial charge in [0.2, 0.25) is 0 Å². The zero-order valence-corrected chi connectivity index (χ0v) is 36.3. The van der Waals surface area contributed by atoms with Crippen LogP contribution in [0.2, 0.25) is 0 Å². The third-order valence-electron chi connectivity index (χ3n) is 13.4. The number of hydrogen-bond donors (Lipinski definition) is 0. The van der Waals surface area contributed by atoms with Crippen LogP contribution in [0, 0.1) is 0 Å². The van der Waals surface area contributed by atoms with Crippen molar-refractivity contribution < 1.29 is 0 Å². The zero-order valence-electron chi connectivity index (χ0n) is 35.5. The average Bonchev–Trinajstić information content (AvgIpc) is 3.79. The third kappa shape index (κ3) is 6.05. The van der Waals surface area contributed by atoms with Crippen LogP contribution in [0.4, 0.5) is 0 Å². The Kier molecular flexibility index (Phi) is 8.82. The van der Waals surface area contributed by atoms with E-state index in [1.807, 2.05) is 11.3 Å². The van der Waals surface area contributed by atoms with Gasteiger partial charge in [0.05, 0.1) is 0 Å². The molecular formula is C64H40S. The molecule has 0 radical (unpaired) electrons. The van der Waals surface area contributed by atoms with Crippen LogP contribution >= 0.6 is 11.3 Å². The third-order valence-corrected chi connectivity index (χ3v) is 14.7. The van der Waals surface area contributed by atoms with Crippen molar-refractivity contribution in [1.29, 1.82) is 0 Å². The minimum absolute atomic E-state index is 1.20. The predicted molar refractivity (Wildman–Crippen MR) is 282 cm³/mol. The molecule has 0 fully saturated rings. The van der Waals surface area contributed by atoms with Crippen molar-refractivity contribution in [2.24, 2.45) is 0 Å². The van der Waals surface area contributed by atoms with Crippen molar-refractivity contribution in [3.8, 4) is 66.1 Å². The second-order valence-electron chi connectivity index (χ2n) is 17.0. The highest BCUT2D eigenvalue weighted by Gasteiger charge is 2.26. The van der Waals surface area contributed by atoms with Crippen molar-refractivity contribution in [2.45, 2.75) is 0 Å². The molecule has 0 aliphatic carbocycles. The molecule has 0 amide bonds. The largest absolute Gasteiger partial charge is 0.134 e. The average molecular weight is 841 g/mol. The number of hydrogen-bond acceptors (Lipinski definition) is 1. The van der Waals surface area contributed by atoms with Gasteiger partial charge in [-0.1, -0.05) is 237 Å². The fraction of sp³-hybridized carbons (Fsp3) is 0. The van der Waals surface area contributed by atoms with E-state index < -0.39 is 0 Å². The summed E-state index contributed by atoms with van der Waals surface area (Å²) in [4.78, 5) is 1.29. The van der Waals surface area contributed by atoms with Crippen LogP contribution in [-0.2, 0) is 0 Å². The summed E-state index contributed by atoms with van der Waals surface area (Å²) in [5.74, 6) is 0. The maximum atomic E-state index is 2.38. The quantitative estimate of drug-likeness (QED) is 0.146. The molecule has 302 valence electrons. The highest BCUT2D eigenvalue weighted by molar-refractivity contribution is 7.24. The molecule has 0 bridgehead atoms. The normalized spacial score (nSPS) is 11.7. The lowest BCUT2D eigenvalue weighted by molar-refractivity contribution is 1.63. The molecule has 0 nitrogen and oxygen atoms in total. The Morgan fingerprint density at radius 3 is 1.32 bits per heavy atom. The van der Waals surface area contributed by atoms with E-state index in [1.54, 1.807) is 0 Å². The molecule has 0 aliphatic rings. The summed E-state index contributed by atoms with van der Waals surface area (Å²) in [6.07, 6.45) is 0. The monoisotopic (exact) mass is 840 g/mol. The van der Waals surface area contributed by atoms with Crippen LogP contribution in [0.25, 0.3) is 130 Å². The summed E-state index contributed by atoms with van der Waals surface area (Å²) >= 11 is 1.93. The molecule has 0 unspecified atom stereocenters. The Hall–Kier alpha value is -8.10. The van der Waals surface area contributed by atoms with Crippen molar-refractivity contribution >= 4 is 75.3 Å². The SMILES string of the molecule is c1ccc(-c2sc3c(-c4ccccc4)c(-c4ccc(-c5c6ccccc6c(-c6cccc7ccccc67)c6ccccc56)cc4)c4ccccc4c3c2-c2ccc3ccccc3c2)cc1. The molecule has 0 saturated heterocycles. The smallest absolute Gasteiger partial charge is 0.0446 e. The summed E-state index contributed by atoms with van der Waals surface area (Å²) in [6.45, 7) is 0. The lowest BCUT2D eigenvalue weighted by Crippen LogP contribution is -1.93. The topological polar surface area (TPSA) is 0 Å². The van der Waals surface area contributed by atoms with E-state index >= 15 is 0 Å². The van der Waals surface area contributed by atoms with Gasteiger partial charge in [-0.2, -0.15) is 0 Å². The molecule has 12 aromatic carbocycles. The molecule has 0 spiro atoms. The van der Waals surface area contributed by atoms with Gasteiger partial charge in [0.25, 0.3) is 0 Å². The molecule has 0 saturated carbocycles. The highest BCUT2D eigenvalue weighted by atomic mass is 32.1. The second kappa shape index (κ2) is 15.3. The summed E-state index contributed by atoms with van der Waals surface area (Å²) in [7, 11) is 0. The van der Waals surface area contributed by atoms with Gasteiger partial charge in [0.1, 0.15) is 0 Å². The van der Waals surface area contributed by atoms with Gasteiger partial charge >= 0.3 is 0 Å². The zero-order chi connectivity index (χ0) is 42.8. The van der Waals surface area contributed by atoms with Crippen LogP contribution in [-0.4, -0.2) is 0 Å². The van der Waals surface area contributed by atoms with E-state index in [0.29, 0.717) is 0 Å². The van der Waals surface area contributed by atoms with Gasteiger partial charge < -0.3 is 0 Å². The highest BCUT2D eigenvalue weighted by Crippen LogP contribution is 2.55. The Morgan fingerprint density at radius 2 is 0.677 bits per heavy atom. The molecule has 13 aromatic rings. The molecule has 1 aromatic heterocycles. The number of benzene rings is 12. The van der Waals surface area contributed by atoms with Gasteiger partial charge in [-0.05, 0) is 110 Å². The number of thiophene rings is 1. The van der Waals surface area contributed by atoms with E-state index in [2.05, 4.69) is 243 Å². The predicted octanol–water partition coefficient (Wildman–Crippen LogP) is 18.7. The van der Waals surface area contributed by atoms with Gasteiger partial charge in [0, 0.05) is 26.1 Å². The van der Waals surface area contributed by atoms with Crippen molar-refractivity contribution in [1.82, 2.24) is 0 Å². The number of rotatable bonds is 6. The van der Waals surface area contributed by atoms with Crippen LogP contribution in [0.1, 0.15) is 0 Å². The molecule has 1 heteroatoms. The molecule has 1 heterocycles. The van der Waals surface area contributed by atoms with Crippen LogP contribution in [0.5, 0.6) is 0 Å². The van der Waals surface area contributed by atoms with Gasteiger partial charge in [-0.15, -0.1) is 11.3 Å². The lowest BCUT2D eigenvalue weighted by atomic mass is 9.83. The van der Waals surface area contributed by atoms with Crippen LogP contribution in [0.15, 0.2) is 243 Å². The second-order valence-corrected chi connectivity index (χ2v) is 18.1. The molecule has 0 aliphatic heterocycles. The number of fused-ring (bicyclic) bond motifs is 7. The van der Waals surface area contributed by atoms with Gasteiger partial charge in [0.15, 0.2) is 0 Å². The molecule has 13 rings (SSSR count). The van der Waals surface area contributed by atoms with Crippen LogP contribution < -0.4 is 0 Å². The first-order chi connectivity index (χ1) is 32.3. The van der Waals surface area contributed by atoms with Gasteiger partial charge in [-0.25, -0.2) is 0 Å². The first kappa shape index (κ1) is 37.5. The summed E-state index contributed by atoms with van der Waals surface area (Å²) < 4.78 is 1.30. The van der Waals surface area contributed by atoms with Gasteiger partial charge in [-0.3, -0.25) is 0 Å². The van der Waals surface area contributed by atoms with E-state index in [1.165, 1.54) is 130 Å². The van der Waals surface area contributed by atoms with Crippen molar-refractivity contribution in [3.05, 3.63) is 243 Å².